The van der Waals surface area contributed by atoms with Crippen molar-refractivity contribution in [2.24, 2.45) is 0 Å². The number of carbonyl (C=O) groups is 3. The number of nitrogens with zero attached hydrogens (tertiary/aromatic N) is 3. The smallest absolute Gasteiger partial charge is 0.295 e. The zero-order valence-electron chi connectivity index (χ0n) is 20.0. The Morgan fingerprint density at radius 1 is 1.05 bits per heavy atom. The second-order valence-corrected chi connectivity index (χ2v) is 9.95. The van der Waals surface area contributed by atoms with Crippen molar-refractivity contribution in [3.8, 4) is 0 Å². The Bertz CT molecular complexity index is 1460. The van der Waals surface area contributed by atoms with Crippen LogP contribution in [0.4, 0.5) is 4.39 Å². The summed E-state index contributed by atoms with van der Waals surface area (Å²) in [6.07, 6.45) is 6.95. The molecule has 10 heteroatoms. The molecular formula is C27H25FN4O5. The molecule has 2 fully saturated rings. The predicted octanol–water partition coefficient (Wildman–Crippen LogP) is 2.28. The Morgan fingerprint density at radius 2 is 1.81 bits per heavy atom. The zero-order valence-corrected chi connectivity index (χ0v) is 20.0. The number of aromatic amines is 1. The van der Waals surface area contributed by atoms with E-state index in [1.807, 2.05) is 0 Å². The van der Waals surface area contributed by atoms with Gasteiger partial charge in [-0.05, 0) is 61.4 Å². The van der Waals surface area contributed by atoms with Crippen molar-refractivity contribution in [2.45, 2.75) is 50.6 Å². The van der Waals surface area contributed by atoms with Gasteiger partial charge in [0.05, 0.1) is 35.2 Å². The molecule has 190 valence electrons. The SMILES string of the molecule is O=C(C(=O)N1C[C@@H]2C[C@@H]1CN2C(=O)c1cc(Cc2n[nH]c(=O)c3c2CCCC3)ccc1F)c1ccoc1. The third-order valence-corrected chi connectivity index (χ3v) is 7.76. The standard InChI is InChI=1S/C27H25FN4O5/c28-22-6-5-15(10-23-19-3-1-2-4-20(19)25(34)30-29-23)9-21(22)26(35)31-12-18-11-17(31)13-32(18)27(36)24(33)16-7-8-37-14-16/h5-9,14,17-18H,1-4,10-13H2,(H,30,34)/t17-,18+/m0/s1. The van der Waals surface area contributed by atoms with Crippen LogP contribution < -0.4 is 5.56 Å². The summed E-state index contributed by atoms with van der Waals surface area (Å²) < 4.78 is 19.7. The van der Waals surface area contributed by atoms with Crippen molar-refractivity contribution in [2.75, 3.05) is 13.1 Å². The fourth-order valence-corrected chi connectivity index (χ4v) is 5.88. The molecule has 2 amide bonds. The first-order valence-electron chi connectivity index (χ1n) is 12.5. The maximum atomic E-state index is 14.8. The highest BCUT2D eigenvalue weighted by Crippen LogP contribution is 2.33. The normalized spacial score (nSPS) is 20.2. The van der Waals surface area contributed by atoms with Gasteiger partial charge in [-0.25, -0.2) is 9.49 Å². The Morgan fingerprint density at radius 3 is 2.54 bits per heavy atom. The van der Waals surface area contributed by atoms with Crippen LogP contribution in [0.2, 0.25) is 0 Å². The monoisotopic (exact) mass is 504 g/mol. The van der Waals surface area contributed by atoms with Crippen molar-refractivity contribution in [1.29, 1.82) is 0 Å². The molecule has 9 nitrogen and oxygen atoms in total. The largest absolute Gasteiger partial charge is 0.472 e. The number of hydrogen-bond donors (Lipinski definition) is 1. The molecule has 0 radical (unpaired) electrons. The predicted molar refractivity (Wildman–Crippen MR) is 129 cm³/mol. The zero-order chi connectivity index (χ0) is 25.7. The first-order chi connectivity index (χ1) is 17.9. The van der Waals surface area contributed by atoms with Gasteiger partial charge < -0.3 is 14.2 Å². The summed E-state index contributed by atoms with van der Waals surface area (Å²) in [4.78, 5) is 53.8. The number of halogens is 1. The van der Waals surface area contributed by atoms with Gasteiger partial charge in [-0.15, -0.1) is 0 Å². The van der Waals surface area contributed by atoms with Crippen LogP contribution in [0, 0.1) is 5.82 Å². The number of nitrogens with one attached hydrogen (secondary N) is 1. The van der Waals surface area contributed by atoms with E-state index in [2.05, 4.69) is 10.2 Å². The molecule has 0 unspecified atom stereocenters. The van der Waals surface area contributed by atoms with Crippen LogP contribution in [-0.4, -0.2) is 62.8 Å². The van der Waals surface area contributed by atoms with Crippen molar-refractivity contribution in [1.82, 2.24) is 20.0 Å². The first-order valence-corrected chi connectivity index (χ1v) is 12.5. The third kappa shape index (κ3) is 4.06. The van der Waals surface area contributed by atoms with E-state index in [1.165, 1.54) is 29.6 Å². The van der Waals surface area contributed by atoms with Crippen LogP contribution in [0.15, 0.2) is 46.0 Å². The highest BCUT2D eigenvalue weighted by atomic mass is 19.1. The molecule has 0 spiro atoms. The van der Waals surface area contributed by atoms with Crippen LogP contribution in [0.1, 0.15) is 62.4 Å². The summed E-state index contributed by atoms with van der Waals surface area (Å²) in [5, 5.41) is 6.83. The van der Waals surface area contributed by atoms with E-state index < -0.39 is 23.4 Å². The highest BCUT2D eigenvalue weighted by Gasteiger charge is 2.48. The van der Waals surface area contributed by atoms with E-state index in [-0.39, 0.29) is 41.9 Å². The molecule has 0 saturated carbocycles. The summed E-state index contributed by atoms with van der Waals surface area (Å²) >= 11 is 0. The van der Waals surface area contributed by atoms with Gasteiger partial charge in [0.25, 0.3) is 23.2 Å². The second kappa shape index (κ2) is 9.10. The van der Waals surface area contributed by atoms with E-state index in [0.29, 0.717) is 12.8 Å². The molecule has 3 aromatic rings. The number of aromatic nitrogens is 2. The average molecular weight is 505 g/mol. The van der Waals surface area contributed by atoms with E-state index >= 15 is 0 Å². The number of amides is 2. The van der Waals surface area contributed by atoms with E-state index in [1.54, 1.807) is 17.0 Å². The summed E-state index contributed by atoms with van der Waals surface area (Å²) in [6, 6.07) is 5.34. The van der Waals surface area contributed by atoms with Crippen molar-refractivity contribution < 1.29 is 23.2 Å². The van der Waals surface area contributed by atoms with Crippen LogP contribution in [0.5, 0.6) is 0 Å². The highest BCUT2D eigenvalue weighted by molar-refractivity contribution is 6.42. The summed E-state index contributed by atoms with van der Waals surface area (Å²) in [5.41, 5.74) is 3.21. The Balaban J connectivity index is 1.18. The lowest BCUT2D eigenvalue weighted by Crippen LogP contribution is -2.52. The molecule has 4 heterocycles. The fourth-order valence-electron chi connectivity index (χ4n) is 5.88. The number of H-pyrrole nitrogens is 1. The van der Waals surface area contributed by atoms with Crippen molar-refractivity contribution in [3.05, 3.63) is 86.5 Å². The number of hydrogen-bond acceptors (Lipinski definition) is 6. The Kier molecular flexibility index (Phi) is 5.73. The van der Waals surface area contributed by atoms with Crippen LogP contribution in [0.25, 0.3) is 0 Å². The number of carbonyl (C=O) groups excluding carboxylic acids is 3. The maximum Gasteiger partial charge on any atom is 0.295 e. The van der Waals surface area contributed by atoms with E-state index in [4.69, 9.17) is 4.42 Å². The average Bonchev–Trinajstić information content (AvgIpc) is 3.68. The number of likely N-dealkylation sites (tertiary alicyclic amines) is 2. The quantitative estimate of drug-likeness (QED) is 0.421. The van der Waals surface area contributed by atoms with Crippen LogP contribution in [0.3, 0.4) is 0 Å². The number of rotatable bonds is 5. The van der Waals surface area contributed by atoms with Gasteiger partial charge in [0.1, 0.15) is 12.1 Å². The van der Waals surface area contributed by atoms with Crippen LogP contribution in [-0.2, 0) is 24.1 Å². The third-order valence-electron chi connectivity index (χ3n) is 7.76. The van der Waals surface area contributed by atoms with Gasteiger partial charge in [-0.1, -0.05) is 6.07 Å². The lowest BCUT2D eigenvalue weighted by atomic mass is 9.90. The van der Waals surface area contributed by atoms with Crippen LogP contribution >= 0.6 is 0 Å². The fraction of sp³-hybridized carbons (Fsp3) is 0.370. The van der Waals surface area contributed by atoms with Gasteiger partial charge in [0.15, 0.2) is 0 Å². The summed E-state index contributed by atoms with van der Waals surface area (Å²) in [6.45, 7) is 0.472. The molecule has 2 aromatic heterocycles. The molecule has 1 aliphatic carbocycles. The minimum absolute atomic E-state index is 0.0318. The number of furan rings is 1. The van der Waals surface area contributed by atoms with Gasteiger partial charge in [-0.2, -0.15) is 5.10 Å². The maximum absolute atomic E-state index is 14.8. The summed E-state index contributed by atoms with van der Waals surface area (Å²) in [5.74, 6) is -2.31. The molecule has 6 rings (SSSR count). The lowest BCUT2D eigenvalue weighted by Gasteiger charge is -2.34. The van der Waals surface area contributed by atoms with E-state index in [9.17, 15) is 23.6 Å². The van der Waals surface area contributed by atoms with Gasteiger partial charge >= 0.3 is 0 Å². The molecule has 2 atom stereocenters. The molecular weight excluding hydrogens is 479 g/mol. The topological polar surface area (TPSA) is 117 Å². The number of piperazine rings is 1. The molecule has 3 aliphatic rings. The molecule has 2 aliphatic heterocycles. The van der Waals surface area contributed by atoms with Gasteiger partial charge in [-0.3, -0.25) is 19.2 Å². The van der Waals surface area contributed by atoms with E-state index in [0.717, 1.165) is 48.1 Å². The number of benzene rings is 1. The molecule has 1 aromatic carbocycles. The van der Waals surface area contributed by atoms with Crippen molar-refractivity contribution >= 4 is 17.6 Å². The minimum atomic E-state index is -0.643. The Labute approximate surface area is 211 Å². The second-order valence-electron chi connectivity index (χ2n) is 9.95. The number of fused-ring (bicyclic) bond motifs is 3. The van der Waals surface area contributed by atoms with Gasteiger partial charge in [0, 0.05) is 25.1 Å². The number of Topliss-reactive ketones (excluding diaryl/α,β-unsaturated/α-hetero) is 1. The summed E-state index contributed by atoms with van der Waals surface area (Å²) in [7, 11) is 0. The Hall–Kier alpha value is -4.08. The molecule has 37 heavy (non-hydrogen) atoms. The molecule has 2 saturated heterocycles. The number of ketones is 1. The van der Waals surface area contributed by atoms with Crippen molar-refractivity contribution in [3.63, 3.8) is 0 Å². The van der Waals surface area contributed by atoms with Gasteiger partial charge in [0.2, 0.25) is 0 Å². The first kappa shape index (κ1) is 23.3. The minimum Gasteiger partial charge on any atom is -0.472 e. The molecule has 2 bridgehead atoms. The molecule has 1 N–H and O–H groups in total. The lowest BCUT2D eigenvalue weighted by molar-refractivity contribution is -0.128.